The number of halogens is 6. The number of hydrogen-bond acceptors (Lipinski definition) is 2. The summed E-state index contributed by atoms with van der Waals surface area (Å²) in [6.45, 7) is 1.40. The van der Waals surface area contributed by atoms with E-state index < -0.39 is 46.4 Å². The Kier molecular flexibility index (Phi) is 4.87. The molecule has 164 valence electrons. The molecule has 1 heterocycles. The van der Waals surface area contributed by atoms with E-state index in [2.05, 4.69) is 0 Å². The van der Waals surface area contributed by atoms with Crippen LogP contribution >= 0.6 is 0 Å². The normalized spacial score (nSPS) is 14.2. The summed E-state index contributed by atoms with van der Waals surface area (Å²) in [5, 5.41) is 0. The molecule has 0 radical (unpaired) electrons. The van der Waals surface area contributed by atoms with E-state index in [0.29, 0.717) is 11.0 Å². The van der Waals surface area contributed by atoms with Crippen molar-refractivity contribution in [2.75, 3.05) is 4.90 Å². The number of carbonyl (C=O) groups excluding carboxylic acids is 2. The number of anilines is 1. The predicted octanol–water partition coefficient (Wildman–Crippen LogP) is 6.50. The average Bonchev–Trinajstić information content (AvgIpc) is 2.97. The molecule has 0 bridgehead atoms. The van der Waals surface area contributed by atoms with E-state index >= 15 is 0 Å². The smallest absolute Gasteiger partial charge is 0.268 e. The van der Waals surface area contributed by atoms with E-state index in [-0.39, 0.29) is 22.4 Å². The van der Waals surface area contributed by atoms with Crippen molar-refractivity contribution in [2.24, 2.45) is 0 Å². The highest BCUT2D eigenvalue weighted by Gasteiger charge is 2.41. The molecule has 1 aliphatic rings. The van der Waals surface area contributed by atoms with Crippen molar-refractivity contribution in [3.63, 3.8) is 0 Å². The summed E-state index contributed by atoms with van der Waals surface area (Å²) in [5.74, 6) is -1.62. The molecule has 0 saturated heterocycles. The van der Waals surface area contributed by atoms with Gasteiger partial charge in [0.15, 0.2) is 0 Å². The van der Waals surface area contributed by atoms with Crippen LogP contribution in [0.1, 0.15) is 37.4 Å². The van der Waals surface area contributed by atoms with Gasteiger partial charge in [-0.1, -0.05) is 35.9 Å². The van der Waals surface area contributed by atoms with Crippen LogP contribution in [0.2, 0.25) is 0 Å². The molecular weight excluding hydrogens is 436 g/mol. The first-order valence-corrected chi connectivity index (χ1v) is 9.27. The number of nitrogens with zero attached hydrogens (tertiary/aromatic N) is 1. The number of carbonyl (C=O) groups is 2. The second-order valence-corrected chi connectivity index (χ2v) is 7.27. The van der Waals surface area contributed by atoms with Crippen molar-refractivity contribution >= 4 is 17.5 Å². The van der Waals surface area contributed by atoms with Gasteiger partial charge in [0, 0.05) is 0 Å². The lowest BCUT2D eigenvalue weighted by atomic mass is 9.93. The highest BCUT2D eigenvalue weighted by molar-refractivity contribution is 6.34. The lowest BCUT2D eigenvalue weighted by molar-refractivity contribution is -0.139. The van der Waals surface area contributed by atoms with Crippen molar-refractivity contribution in [1.29, 1.82) is 0 Å². The Morgan fingerprint density at radius 1 is 0.625 bits per heavy atom. The minimum atomic E-state index is -5.04. The first kappa shape index (κ1) is 21.6. The first-order chi connectivity index (χ1) is 14.9. The zero-order valence-corrected chi connectivity index (χ0v) is 16.3. The number of aryl methyl sites for hydroxylation is 1. The number of benzene rings is 3. The summed E-state index contributed by atoms with van der Waals surface area (Å²) in [6.07, 6.45) is -9.93. The van der Waals surface area contributed by atoms with Crippen LogP contribution in [-0.4, -0.2) is 11.8 Å². The standard InChI is InChI=1S/C23H13F6NO2/c1-12-6-8-14(18(10-12)22(24,25)26)15-9-7-13(11-19(15)23(27,28)29)30-20(31)16-4-2-3-5-17(16)21(30)32/h2-11H,1H3. The summed E-state index contributed by atoms with van der Waals surface area (Å²) >= 11 is 0. The van der Waals surface area contributed by atoms with Crippen molar-refractivity contribution in [1.82, 2.24) is 0 Å². The van der Waals surface area contributed by atoms with E-state index in [9.17, 15) is 35.9 Å². The highest BCUT2D eigenvalue weighted by atomic mass is 19.4. The molecule has 0 aromatic heterocycles. The van der Waals surface area contributed by atoms with Crippen LogP contribution in [-0.2, 0) is 12.4 Å². The Morgan fingerprint density at radius 2 is 1.09 bits per heavy atom. The highest BCUT2D eigenvalue weighted by Crippen LogP contribution is 2.44. The van der Waals surface area contributed by atoms with Crippen LogP contribution in [0.4, 0.5) is 32.0 Å². The maximum atomic E-state index is 13.9. The molecule has 2 amide bonds. The molecule has 0 atom stereocenters. The second kappa shape index (κ2) is 7.22. The van der Waals surface area contributed by atoms with Crippen molar-refractivity contribution in [3.8, 4) is 11.1 Å². The predicted molar refractivity (Wildman–Crippen MR) is 104 cm³/mol. The molecule has 3 aromatic rings. The molecule has 9 heteroatoms. The molecule has 0 aliphatic carbocycles. The molecule has 32 heavy (non-hydrogen) atoms. The fourth-order valence-corrected chi connectivity index (χ4v) is 3.69. The Labute approximate surface area is 177 Å². The molecule has 4 rings (SSSR count). The van der Waals surface area contributed by atoms with Gasteiger partial charge in [0.05, 0.1) is 27.9 Å². The number of amides is 2. The number of hydrogen-bond donors (Lipinski definition) is 0. The molecule has 0 N–H and O–H groups in total. The zero-order valence-electron chi connectivity index (χ0n) is 16.3. The fourth-order valence-electron chi connectivity index (χ4n) is 3.69. The van der Waals surface area contributed by atoms with Crippen LogP contribution < -0.4 is 4.90 Å². The molecule has 0 fully saturated rings. The van der Waals surface area contributed by atoms with Crippen LogP contribution in [0.25, 0.3) is 11.1 Å². The number of rotatable bonds is 2. The molecule has 1 aliphatic heterocycles. The van der Waals surface area contributed by atoms with Gasteiger partial charge in [-0.15, -0.1) is 0 Å². The van der Waals surface area contributed by atoms with E-state index in [1.807, 2.05) is 0 Å². The Morgan fingerprint density at radius 3 is 1.59 bits per heavy atom. The Hall–Kier alpha value is -3.62. The third-order valence-electron chi connectivity index (χ3n) is 5.13. The quantitative estimate of drug-likeness (QED) is 0.331. The van der Waals surface area contributed by atoms with E-state index in [4.69, 9.17) is 0 Å². The van der Waals surface area contributed by atoms with Gasteiger partial charge in [0.2, 0.25) is 0 Å². The van der Waals surface area contributed by atoms with Gasteiger partial charge in [-0.25, -0.2) is 4.90 Å². The van der Waals surface area contributed by atoms with Gasteiger partial charge in [0.1, 0.15) is 0 Å². The van der Waals surface area contributed by atoms with Gasteiger partial charge in [0.25, 0.3) is 11.8 Å². The third-order valence-corrected chi connectivity index (χ3v) is 5.13. The SMILES string of the molecule is Cc1ccc(-c2ccc(N3C(=O)c4ccccc4C3=O)cc2C(F)(F)F)c(C(F)(F)F)c1. The fraction of sp³-hybridized carbons (Fsp3) is 0.130. The average molecular weight is 449 g/mol. The lowest BCUT2D eigenvalue weighted by Crippen LogP contribution is -2.29. The van der Waals surface area contributed by atoms with E-state index in [1.54, 1.807) is 0 Å². The van der Waals surface area contributed by atoms with E-state index in [0.717, 1.165) is 24.3 Å². The van der Waals surface area contributed by atoms with Gasteiger partial charge < -0.3 is 0 Å². The van der Waals surface area contributed by atoms with Crippen LogP contribution in [0.5, 0.6) is 0 Å². The first-order valence-electron chi connectivity index (χ1n) is 9.27. The third kappa shape index (κ3) is 3.53. The van der Waals surface area contributed by atoms with Gasteiger partial charge in [-0.05, 0) is 48.4 Å². The minimum absolute atomic E-state index is 0.0352. The minimum Gasteiger partial charge on any atom is -0.268 e. The summed E-state index contributed by atoms with van der Waals surface area (Å²) in [6, 6.07) is 11.2. The summed E-state index contributed by atoms with van der Waals surface area (Å²) in [7, 11) is 0. The summed E-state index contributed by atoms with van der Waals surface area (Å²) in [4.78, 5) is 25.8. The Balaban J connectivity index is 1.90. The van der Waals surface area contributed by atoms with Crippen LogP contribution in [0.3, 0.4) is 0 Å². The van der Waals surface area contributed by atoms with Crippen molar-refractivity contribution in [2.45, 2.75) is 19.3 Å². The van der Waals surface area contributed by atoms with Gasteiger partial charge in [-0.2, -0.15) is 26.3 Å². The molecule has 3 nitrogen and oxygen atoms in total. The van der Waals surface area contributed by atoms with Crippen molar-refractivity contribution in [3.05, 3.63) is 88.5 Å². The molecule has 0 saturated carbocycles. The van der Waals surface area contributed by atoms with Gasteiger partial charge in [-0.3, -0.25) is 9.59 Å². The molecule has 0 spiro atoms. The van der Waals surface area contributed by atoms with Crippen molar-refractivity contribution < 1.29 is 35.9 Å². The largest absolute Gasteiger partial charge is 0.417 e. The molecule has 3 aromatic carbocycles. The summed E-state index contributed by atoms with van der Waals surface area (Å²) < 4.78 is 82.3. The number of fused-ring (bicyclic) bond motifs is 1. The van der Waals surface area contributed by atoms with E-state index in [1.165, 1.54) is 37.3 Å². The zero-order chi connectivity index (χ0) is 23.4. The van der Waals surface area contributed by atoms with Crippen LogP contribution in [0.15, 0.2) is 60.7 Å². The maximum absolute atomic E-state index is 13.9. The topological polar surface area (TPSA) is 37.4 Å². The second-order valence-electron chi connectivity index (χ2n) is 7.27. The maximum Gasteiger partial charge on any atom is 0.417 e. The number of alkyl halides is 6. The lowest BCUT2D eigenvalue weighted by Gasteiger charge is -2.21. The summed E-state index contributed by atoms with van der Waals surface area (Å²) in [5.41, 5.74) is -4.03. The molecule has 0 unspecified atom stereocenters. The van der Waals surface area contributed by atoms with Crippen LogP contribution in [0, 0.1) is 6.92 Å². The Bertz CT molecular complexity index is 1230. The monoisotopic (exact) mass is 449 g/mol. The van der Waals surface area contributed by atoms with Gasteiger partial charge >= 0.3 is 12.4 Å². The number of imide groups is 1. The molecular formula is C23H13F6NO2.